The van der Waals surface area contributed by atoms with E-state index in [0.29, 0.717) is 6.42 Å². The first kappa shape index (κ1) is 19.7. The molecule has 1 aliphatic rings. The molecule has 4 N–H and O–H groups in total. The van der Waals surface area contributed by atoms with E-state index in [4.69, 9.17) is 15.1 Å². The van der Waals surface area contributed by atoms with Crippen LogP contribution in [0.1, 0.15) is 19.8 Å². The summed E-state index contributed by atoms with van der Waals surface area (Å²) in [6.45, 7) is 1.75. The summed E-state index contributed by atoms with van der Waals surface area (Å²) < 4.78 is 34.5. The molecule has 0 aliphatic carbocycles. The van der Waals surface area contributed by atoms with E-state index in [9.17, 15) is 18.0 Å². The van der Waals surface area contributed by atoms with Gasteiger partial charge in [0.25, 0.3) is 5.91 Å². The second-order valence-electron chi connectivity index (χ2n) is 5.07. The summed E-state index contributed by atoms with van der Waals surface area (Å²) in [4.78, 5) is 29.9. The second-order valence-corrected chi connectivity index (χ2v) is 6.07. The number of nitrogens with one attached hydrogen (secondary N) is 1. The SMILES string of the molecule is CC(=O)N1C[C@H](N(C)OS(=O)(=O)O)CC[C@H]1C(=O)NOCCN. The highest BCUT2D eigenvalue weighted by molar-refractivity contribution is 7.80. The van der Waals surface area contributed by atoms with Crippen LogP contribution in [0.15, 0.2) is 0 Å². The lowest BCUT2D eigenvalue weighted by Gasteiger charge is -2.40. The highest BCUT2D eigenvalue weighted by Crippen LogP contribution is 2.21. The van der Waals surface area contributed by atoms with E-state index < -0.39 is 28.4 Å². The molecule has 0 bridgehead atoms. The summed E-state index contributed by atoms with van der Waals surface area (Å²) in [5.74, 6) is -0.834. The Kier molecular flexibility index (Phi) is 7.31. The number of likely N-dealkylation sites (N-methyl/N-ethyl adjacent to an activating group) is 1. The van der Waals surface area contributed by atoms with Crippen LogP contribution >= 0.6 is 0 Å². The number of carbonyl (C=O) groups is 2. The van der Waals surface area contributed by atoms with Gasteiger partial charge in [-0.3, -0.25) is 19.0 Å². The van der Waals surface area contributed by atoms with Gasteiger partial charge in [0.05, 0.1) is 12.6 Å². The van der Waals surface area contributed by atoms with E-state index in [0.717, 1.165) is 5.06 Å². The maximum atomic E-state index is 12.0. The molecule has 0 saturated carbocycles. The standard InChI is InChI=1S/C11H22N4O7S/c1-8(16)15-7-9(14(2)22-23(18,19)20)3-4-10(15)11(17)13-21-6-5-12/h9-10H,3-7,12H2,1-2H3,(H,13,17)(H,18,19,20)/t9-,10+/m1/s1. The number of amides is 2. The van der Waals surface area contributed by atoms with Crippen LogP contribution in [0.5, 0.6) is 0 Å². The molecule has 12 heteroatoms. The van der Waals surface area contributed by atoms with Crippen LogP contribution in [0.4, 0.5) is 0 Å². The van der Waals surface area contributed by atoms with Gasteiger partial charge in [-0.25, -0.2) is 5.48 Å². The molecule has 1 fully saturated rings. The quantitative estimate of drug-likeness (QED) is 0.269. The van der Waals surface area contributed by atoms with Crippen LogP contribution in [0.2, 0.25) is 0 Å². The average Bonchev–Trinajstić information content (AvgIpc) is 2.44. The topological polar surface area (TPSA) is 152 Å². The van der Waals surface area contributed by atoms with E-state index >= 15 is 0 Å². The van der Waals surface area contributed by atoms with Gasteiger partial charge in [-0.15, -0.1) is 0 Å². The van der Waals surface area contributed by atoms with Gasteiger partial charge >= 0.3 is 10.4 Å². The Morgan fingerprint density at radius 1 is 1.43 bits per heavy atom. The maximum absolute atomic E-state index is 12.0. The fourth-order valence-electron chi connectivity index (χ4n) is 2.33. The molecule has 0 radical (unpaired) electrons. The van der Waals surface area contributed by atoms with E-state index in [-0.39, 0.29) is 32.0 Å². The van der Waals surface area contributed by atoms with Crippen LogP contribution in [0.3, 0.4) is 0 Å². The highest BCUT2D eigenvalue weighted by Gasteiger charge is 2.37. The van der Waals surface area contributed by atoms with Gasteiger partial charge in [0, 0.05) is 27.1 Å². The Labute approximate surface area is 134 Å². The van der Waals surface area contributed by atoms with Crippen molar-refractivity contribution in [2.24, 2.45) is 5.73 Å². The number of rotatable bonds is 7. The molecule has 0 unspecified atom stereocenters. The molecule has 0 aromatic heterocycles. The van der Waals surface area contributed by atoms with E-state index in [1.165, 1.54) is 18.9 Å². The summed E-state index contributed by atoms with van der Waals surface area (Å²) >= 11 is 0. The molecule has 2 amide bonds. The molecule has 1 heterocycles. The molecule has 0 aromatic carbocycles. The van der Waals surface area contributed by atoms with Gasteiger partial charge in [0.15, 0.2) is 0 Å². The smallest absolute Gasteiger partial charge is 0.329 e. The minimum atomic E-state index is -4.64. The van der Waals surface area contributed by atoms with Gasteiger partial charge in [0.1, 0.15) is 6.04 Å². The number of hydroxylamine groups is 3. The molecule has 134 valence electrons. The summed E-state index contributed by atoms with van der Waals surface area (Å²) in [6, 6.07) is -1.23. The first-order chi connectivity index (χ1) is 10.7. The third-order valence-electron chi connectivity index (χ3n) is 3.38. The summed E-state index contributed by atoms with van der Waals surface area (Å²) in [5, 5.41) is 0.949. The third-order valence-corrected chi connectivity index (χ3v) is 3.81. The van der Waals surface area contributed by atoms with E-state index in [1.807, 2.05) is 0 Å². The second kappa shape index (κ2) is 8.52. The zero-order chi connectivity index (χ0) is 17.6. The number of carbonyl (C=O) groups excluding carboxylic acids is 2. The minimum absolute atomic E-state index is 0.0658. The molecule has 1 saturated heterocycles. The number of hydrogen-bond donors (Lipinski definition) is 3. The normalized spacial score (nSPS) is 22.2. The lowest BCUT2D eigenvalue weighted by atomic mass is 9.97. The molecule has 1 aliphatic heterocycles. The lowest BCUT2D eigenvalue weighted by molar-refractivity contribution is -0.154. The van der Waals surface area contributed by atoms with Crippen LogP contribution in [-0.2, 0) is 29.1 Å². The van der Waals surface area contributed by atoms with Crippen molar-refractivity contribution in [1.82, 2.24) is 15.4 Å². The molecule has 0 spiro atoms. The molecule has 0 aromatic rings. The van der Waals surface area contributed by atoms with Crippen LogP contribution < -0.4 is 11.2 Å². The number of nitrogens with zero attached hydrogens (tertiary/aromatic N) is 2. The molecule has 1 rings (SSSR count). The highest BCUT2D eigenvalue weighted by atomic mass is 32.3. The zero-order valence-corrected chi connectivity index (χ0v) is 13.8. The Morgan fingerprint density at radius 3 is 2.61 bits per heavy atom. The largest absolute Gasteiger partial charge is 0.413 e. The Hall–Kier alpha value is -1.31. The van der Waals surface area contributed by atoms with Crippen LogP contribution in [0.25, 0.3) is 0 Å². The van der Waals surface area contributed by atoms with Gasteiger partial charge in [-0.05, 0) is 12.8 Å². The number of hydrogen-bond acceptors (Lipinski definition) is 8. The van der Waals surface area contributed by atoms with Crippen molar-refractivity contribution in [2.45, 2.75) is 31.8 Å². The van der Waals surface area contributed by atoms with Crippen LogP contribution in [0, 0.1) is 0 Å². The van der Waals surface area contributed by atoms with Crippen molar-refractivity contribution in [3.63, 3.8) is 0 Å². The van der Waals surface area contributed by atoms with E-state index in [1.54, 1.807) is 0 Å². The number of piperidine rings is 1. The monoisotopic (exact) mass is 354 g/mol. The van der Waals surface area contributed by atoms with Gasteiger partial charge in [-0.2, -0.15) is 17.8 Å². The summed E-state index contributed by atoms with van der Waals surface area (Å²) in [7, 11) is -3.32. The molecular formula is C11H22N4O7S. The van der Waals surface area contributed by atoms with Crippen molar-refractivity contribution < 1.29 is 31.7 Å². The average molecular weight is 354 g/mol. The number of nitrogens with two attached hydrogens (primary N) is 1. The van der Waals surface area contributed by atoms with Crippen molar-refractivity contribution in [3.8, 4) is 0 Å². The molecular weight excluding hydrogens is 332 g/mol. The number of likely N-dealkylation sites (tertiary alicyclic amines) is 1. The molecule has 2 atom stereocenters. The predicted octanol–water partition coefficient (Wildman–Crippen LogP) is -1.96. The zero-order valence-electron chi connectivity index (χ0n) is 13.0. The van der Waals surface area contributed by atoms with Crippen molar-refractivity contribution in [2.75, 3.05) is 26.7 Å². The Bertz CT molecular complexity index is 526. The fourth-order valence-corrected chi connectivity index (χ4v) is 2.75. The predicted molar refractivity (Wildman–Crippen MR) is 77.7 cm³/mol. The van der Waals surface area contributed by atoms with Gasteiger partial charge in [0.2, 0.25) is 5.91 Å². The minimum Gasteiger partial charge on any atom is -0.329 e. The van der Waals surface area contributed by atoms with Gasteiger partial charge in [-0.1, -0.05) is 0 Å². The Balaban J connectivity index is 2.70. The third kappa shape index (κ3) is 6.37. The maximum Gasteiger partial charge on any atom is 0.413 e. The molecule has 11 nitrogen and oxygen atoms in total. The summed E-state index contributed by atoms with van der Waals surface area (Å²) in [5.41, 5.74) is 7.47. The van der Waals surface area contributed by atoms with Crippen molar-refractivity contribution >= 4 is 22.2 Å². The Morgan fingerprint density at radius 2 is 2.09 bits per heavy atom. The summed E-state index contributed by atoms with van der Waals surface area (Å²) in [6.07, 6.45) is 0.659. The fraction of sp³-hybridized carbons (Fsp3) is 0.818. The molecule has 23 heavy (non-hydrogen) atoms. The van der Waals surface area contributed by atoms with Gasteiger partial charge < -0.3 is 10.6 Å². The van der Waals surface area contributed by atoms with Crippen molar-refractivity contribution in [3.05, 3.63) is 0 Å². The van der Waals surface area contributed by atoms with E-state index in [2.05, 4.69) is 9.76 Å². The van der Waals surface area contributed by atoms with Crippen LogP contribution in [-0.4, -0.2) is 73.6 Å². The van der Waals surface area contributed by atoms with Crippen molar-refractivity contribution in [1.29, 1.82) is 0 Å². The first-order valence-electron chi connectivity index (χ1n) is 6.94. The lowest BCUT2D eigenvalue weighted by Crippen LogP contribution is -2.57. The first-order valence-corrected chi connectivity index (χ1v) is 8.31.